The van der Waals surface area contributed by atoms with Crippen molar-refractivity contribution in [2.75, 3.05) is 19.6 Å². The average Bonchev–Trinajstić information content (AvgIpc) is 2.37. The van der Waals surface area contributed by atoms with Crippen LogP contribution in [0, 0.1) is 5.92 Å². The molecule has 0 heterocycles. The largest absolute Gasteiger partial charge is 0.330 e. The Hall–Kier alpha value is -0.170. The Morgan fingerprint density at radius 3 is 2.50 bits per heavy atom. The number of nitrogens with two attached hydrogens (primary N) is 1. The van der Waals surface area contributed by atoms with Gasteiger partial charge >= 0.3 is 0 Å². The van der Waals surface area contributed by atoms with Gasteiger partial charge in [-0.3, -0.25) is 0 Å². The van der Waals surface area contributed by atoms with Gasteiger partial charge in [0.05, 0.1) is 0 Å². The SMILES string of the molecule is CCCNS(=O)(=O)N(CC)C1CCCCC1CN. The van der Waals surface area contributed by atoms with Crippen molar-refractivity contribution in [2.24, 2.45) is 11.7 Å². The minimum absolute atomic E-state index is 0.0723. The highest BCUT2D eigenvalue weighted by Crippen LogP contribution is 2.29. The molecule has 18 heavy (non-hydrogen) atoms. The molecule has 0 spiro atoms. The van der Waals surface area contributed by atoms with E-state index in [9.17, 15) is 8.42 Å². The van der Waals surface area contributed by atoms with Crippen molar-refractivity contribution in [1.29, 1.82) is 0 Å². The molecule has 1 aliphatic carbocycles. The fraction of sp³-hybridized carbons (Fsp3) is 1.00. The minimum atomic E-state index is -3.35. The lowest BCUT2D eigenvalue weighted by molar-refractivity contribution is 0.186. The van der Waals surface area contributed by atoms with E-state index >= 15 is 0 Å². The van der Waals surface area contributed by atoms with Crippen LogP contribution in [0.1, 0.15) is 46.0 Å². The third-order valence-electron chi connectivity index (χ3n) is 3.70. The first-order chi connectivity index (χ1) is 8.56. The van der Waals surface area contributed by atoms with Gasteiger partial charge in [0.25, 0.3) is 10.2 Å². The molecule has 0 amide bonds. The molecule has 0 aliphatic heterocycles. The second-order valence-electron chi connectivity index (χ2n) is 4.95. The second-order valence-corrected chi connectivity index (χ2v) is 6.66. The fourth-order valence-corrected chi connectivity index (χ4v) is 4.34. The second kappa shape index (κ2) is 7.43. The molecule has 0 saturated heterocycles. The normalized spacial score (nSPS) is 25.6. The van der Waals surface area contributed by atoms with E-state index in [2.05, 4.69) is 4.72 Å². The van der Waals surface area contributed by atoms with Crippen molar-refractivity contribution in [3.63, 3.8) is 0 Å². The third-order valence-corrected chi connectivity index (χ3v) is 5.41. The molecule has 3 N–H and O–H groups in total. The topological polar surface area (TPSA) is 75.4 Å². The quantitative estimate of drug-likeness (QED) is 0.731. The number of nitrogens with one attached hydrogen (secondary N) is 1. The van der Waals surface area contributed by atoms with Gasteiger partial charge < -0.3 is 5.73 Å². The van der Waals surface area contributed by atoms with Crippen LogP contribution in [0.3, 0.4) is 0 Å². The van der Waals surface area contributed by atoms with Crippen molar-refractivity contribution >= 4 is 10.2 Å². The molecule has 0 aromatic heterocycles. The van der Waals surface area contributed by atoms with E-state index in [0.29, 0.717) is 25.6 Å². The van der Waals surface area contributed by atoms with Crippen molar-refractivity contribution in [3.05, 3.63) is 0 Å². The van der Waals surface area contributed by atoms with Crippen LogP contribution >= 0.6 is 0 Å². The summed E-state index contributed by atoms with van der Waals surface area (Å²) in [7, 11) is -3.35. The van der Waals surface area contributed by atoms with Crippen molar-refractivity contribution in [3.8, 4) is 0 Å². The molecule has 1 rings (SSSR count). The van der Waals surface area contributed by atoms with Gasteiger partial charge in [0, 0.05) is 19.1 Å². The van der Waals surface area contributed by atoms with Crippen LogP contribution in [0.15, 0.2) is 0 Å². The third kappa shape index (κ3) is 3.91. The van der Waals surface area contributed by atoms with E-state index in [-0.39, 0.29) is 6.04 Å². The molecule has 2 unspecified atom stereocenters. The maximum Gasteiger partial charge on any atom is 0.279 e. The Morgan fingerprint density at radius 2 is 1.94 bits per heavy atom. The van der Waals surface area contributed by atoms with Crippen molar-refractivity contribution in [2.45, 2.75) is 52.0 Å². The molecular formula is C12H27N3O2S. The smallest absolute Gasteiger partial charge is 0.279 e. The van der Waals surface area contributed by atoms with E-state index in [0.717, 1.165) is 25.7 Å². The lowest BCUT2D eigenvalue weighted by Gasteiger charge is -2.38. The predicted octanol–water partition coefficient (Wildman–Crippen LogP) is 1.07. The Bertz CT molecular complexity index is 332. The Kier molecular flexibility index (Phi) is 6.55. The molecule has 5 nitrogen and oxygen atoms in total. The fourth-order valence-electron chi connectivity index (χ4n) is 2.74. The van der Waals surface area contributed by atoms with E-state index in [1.165, 1.54) is 6.42 Å². The van der Waals surface area contributed by atoms with E-state index in [1.807, 2.05) is 13.8 Å². The summed E-state index contributed by atoms with van der Waals surface area (Å²) in [5.74, 6) is 0.303. The van der Waals surface area contributed by atoms with E-state index < -0.39 is 10.2 Å². The number of rotatable bonds is 7. The molecule has 0 radical (unpaired) electrons. The molecule has 0 aromatic rings. The first-order valence-corrected chi connectivity index (χ1v) is 8.47. The van der Waals surface area contributed by atoms with Gasteiger partial charge in [0.2, 0.25) is 0 Å². The summed E-state index contributed by atoms with van der Waals surface area (Å²) in [6.07, 6.45) is 5.05. The Labute approximate surface area is 111 Å². The van der Waals surface area contributed by atoms with Gasteiger partial charge in [-0.05, 0) is 31.7 Å². The van der Waals surface area contributed by atoms with Gasteiger partial charge in [-0.1, -0.05) is 26.7 Å². The maximum absolute atomic E-state index is 12.3. The lowest BCUT2D eigenvalue weighted by atomic mass is 9.84. The molecular weight excluding hydrogens is 250 g/mol. The zero-order chi connectivity index (χ0) is 13.6. The molecule has 2 atom stereocenters. The lowest BCUT2D eigenvalue weighted by Crippen LogP contribution is -2.51. The van der Waals surface area contributed by atoms with Crippen molar-refractivity contribution in [1.82, 2.24) is 9.03 Å². The molecule has 1 saturated carbocycles. The van der Waals surface area contributed by atoms with Crippen LogP contribution in [0.4, 0.5) is 0 Å². The highest BCUT2D eigenvalue weighted by Gasteiger charge is 2.34. The minimum Gasteiger partial charge on any atom is -0.330 e. The summed E-state index contributed by atoms with van der Waals surface area (Å²) in [5.41, 5.74) is 5.79. The Balaban J connectivity index is 2.80. The van der Waals surface area contributed by atoms with Crippen molar-refractivity contribution < 1.29 is 8.42 Å². The highest BCUT2D eigenvalue weighted by atomic mass is 32.2. The summed E-state index contributed by atoms with van der Waals surface area (Å²) >= 11 is 0. The van der Waals surface area contributed by atoms with Crippen LogP contribution < -0.4 is 10.5 Å². The number of hydrogen-bond donors (Lipinski definition) is 2. The monoisotopic (exact) mass is 277 g/mol. The first-order valence-electron chi connectivity index (χ1n) is 7.03. The summed E-state index contributed by atoms with van der Waals surface area (Å²) in [6, 6.07) is 0.0723. The zero-order valence-electron chi connectivity index (χ0n) is 11.6. The number of nitrogens with zero attached hydrogens (tertiary/aromatic N) is 1. The summed E-state index contributed by atoms with van der Waals surface area (Å²) in [6.45, 7) is 5.44. The Morgan fingerprint density at radius 1 is 1.28 bits per heavy atom. The molecule has 0 bridgehead atoms. The standard InChI is InChI=1S/C12H27N3O2S/c1-3-9-14-18(16,17)15(4-2)12-8-6-5-7-11(12)10-13/h11-12,14H,3-10,13H2,1-2H3. The van der Waals surface area contributed by atoms with Gasteiger partial charge in [-0.2, -0.15) is 12.7 Å². The van der Waals surface area contributed by atoms with Gasteiger partial charge in [0.15, 0.2) is 0 Å². The highest BCUT2D eigenvalue weighted by molar-refractivity contribution is 7.87. The van der Waals surface area contributed by atoms with E-state index in [4.69, 9.17) is 5.73 Å². The summed E-state index contributed by atoms with van der Waals surface area (Å²) in [4.78, 5) is 0. The van der Waals surface area contributed by atoms with Gasteiger partial charge in [0.1, 0.15) is 0 Å². The summed E-state index contributed by atoms with van der Waals surface area (Å²) < 4.78 is 28.8. The molecule has 6 heteroatoms. The van der Waals surface area contributed by atoms with Crippen LogP contribution in [0.25, 0.3) is 0 Å². The van der Waals surface area contributed by atoms with Crippen LogP contribution in [0.2, 0.25) is 0 Å². The van der Waals surface area contributed by atoms with Gasteiger partial charge in [-0.25, -0.2) is 4.72 Å². The molecule has 1 aliphatic rings. The zero-order valence-corrected chi connectivity index (χ0v) is 12.4. The number of hydrogen-bond acceptors (Lipinski definition) is 3. The molecule has 108 valence electrons. The summed E-state index contributed by atoms with van der Waals surface area (Å²) in [5, 5.41) is 0. The predicted molar refractivity (Wildman–Crippen MR) is 74.4 cm³/mol. The van der Waals surface area contributed by atoms with E-state index in [1.54, 1.807) is 4.31 Å². The molecule has 0 aromatic carbocycles. The van der Waals surface area contributed by atoms with Crippen LogP contribution in [0.5, 0.6) is 0 Å². The molecule has 1 fully saturated rings. The first kappa shape index (κ1) is 15.9. The van der Waals surface area contributed by atoms with Crippen LogP contribution in [-0.4, -0.2) is 38.4 Å². The average molecular weight is 277 g/mol. The maximum atomic E-state index is 12.3. The van der Waals surface area contributed by atoms with Gasteiger partial charge in [-0.15, -0.1) is 0 Å². The van der Waals surface area contributed by atoms with Crippen LogP contribution in [-0.2, 0) is 10.2 Å².